The second-order valence-electron chi connectivity index (χ2n) is 4.87. The number of rotatable bonds is 3. The summed E-state index contributed by atoms with van der Waals surface area (Å²) in [6.45, 7) is 1.31. The molecule has 2 aromatic rings. The van der Waals surface area contributed by atoms with E-state index in [-0.39, 0.29) is 11.8 Å². The average Bonchev–Trinajstić information content (AvgIpc) is 3.08. The molecule has 1 aromatic heterocycles. The Morgan fingerprint density at radius 3 is 2.89 bits per heavy atom. The van der Waals surface area contributed by atoms with Gasteiger partial charge in [0, 0.05) is 18.7 Å². The Hall–Kier alpha value is -1.65. The lowest BCUT2D eigenvalue weighted by atomic mass is 10.1. The summed E-state index contributed by atoms with van der Waals surface area (Å²) in [5.41, 5.74) is 9.00. The average molecular weight is 272 g/mol. The lowest BCUT2D eigenvalue weighted by molar-refractivity contribution is -0.117. The first-order valence-corrected chi connectivity index (χ1v) is 7.35. The fraction of sp³-hybridized carbons (Fsp3) is 0.267. The summed E-state index contributed by atoms with van der Waals surface area (Å²) < 4.78 is 0. The molecule has 1 unspecified atom stereocenters. The molecule has 1 atom stereocenters. The Morgan fingerprint density at radius 1 is 1.32 bits per heavy atom. The van der Waals surface area contributed by atoms with Gasteiger partial charge in [-0.05, 0) is 52.5 Å². The van der Waals surface area contributed by atoms with Crippen molar-refractivity contribution in [3.8, 4) is 11.1 Å². The molecule has 4 heteroatoms. The zero-order chi connectivity index (χ0) is 13.2. The lowest BCUT2D eigenvalue weighted by Crippen LogP contribution is -2.25. The SMILES string of the molecule is NCC1CC(=O)N(c2cccc(-c3ccsc3)c2)C1. The molecule has 0 saturated carbocycles. The molecule has 1 fully saturated rings. The fourth-order valence-corrected chi connectivity index (χ4v) is 3.14. The Bertz CT molecular complexity index is 580. The van der Waals surface area contributed by atoms with E-state index >= 15 is 0 Å². The van der Waals surface area contributed by atoms with Crippen LogP contribution in [0.15, 0.2) is 41.1 Å². The quantitative estimate of drug-likeness (QED) is 0.934. The van der Waals surface area contributed by atoms with Crippen molar-refractivity contribution in [3.05, 3.63) is 41.1 Å². The third kappa shape index (κ3) is 2.41. The number of thiophene rings is 1. The largest absolute Gasteiger partial charge is 0.330 e. The minimum Gasteiger partial charge on any atom is -0.330 e. The van der Waals surface area contributed by atoms with Crippen molar-refractivity contribution in [2.45, 2.75) is 6.42 Å². The van der Waals surface area contributed by atoms with E-state index in [0.29, 0.717) is 13.0 Å². The highest BCUT2D eigenvalue weighted by Gasteiger charge is 2.29. The van der Waals surface area contributed by atoms with Gasteiger partial charge in [-0.1, -0.05) is 12.1 Å². The first-order chi connectivity index (χ1) is 9.28. The van der Waals surface area contributed by atoms with Gasteiger partial charge in [0.15, 0.2) is 0 Å². The van der Waals surface area contributed by atoms with Crippen LogP contribution in [0.5, 0.6) is 0 Å². The molecule has 19 heavy (non-hydrogen) atoms. The van der Waals surface area contributed by atoms with Gasteiger partial charge in [-0.15, -0.1) is 0 Å². The summed E-state index contributed by atoms with van der Waals surface area (Å²) in [7, 11) is 0. The molecule has 0 radical (unpaired) electrons. The Balaban J connectivity index is 1.90. The molecule has 1 aromatic carbocycles. The van der Waals surface area contributed by atoms with E-state index in [0.717, 1.165) is 17.8 Å². The molecule has 1 saturated heterocycles. The highest BCUT2D eigenvalue weighted by atomic mass is 32.1. The summed E-state index contributed by atoms with van der Waals surface area (Å²) >= 11 is 1.68. The maximum atomic E-state index is 12.0. The van der Waals surface area contributed by atoms with Gasteiger partial charge in [0.25, 0.3) is 0 Å². The van der Waals surface area contributed by atoms with Crippen LogP contribution in [0.4, 0.5) is 5.69 Å². The van der Waals surface area contributed by atoms with Crippen LogP contribution in [-0.4, -0.2) is 19.0 Å². The molecule has 3 rings (SSSR count). The van der Waals surface area contributed by atoms with E-state index in [9.17, 15) is 4.79 Å². The zero-order valence-electron chi connectivity index (χ0n) is 10.6. The van der Waals surface area contributed by atoms with Crippen LogP contribution >= 0.6 is 11.3 Å². The summed E-state index contributed by atoms with van der Waals surface area (Å²) in [5.74, 6) is 0.468. The van der Waals surface area contributed by atoms with Crippen LogP contribution in [-0.2, 0) is 4.79 Å². The molecule has 2 heterocycles. The Kier molecular flexibility index (Phi) is 3.36. The number of hydrogen-bond acceptors (Lipinski definition) is 3. The fourth-order valence-electron chi connectivity index (χ4n) is 2.47. The van der Waals surface area contributed by atoms with E-state index in [1.807, 2.05) is 17.0 Å². The summed E-state index contributed by atoms with van der Waals surface area (Å²) in [6.07, 6.45) is 0.569. The number of amides is 1. The van der Waals surface area contributed by atoms with Crippen LogP contribution in [0, 0.1) is 5.92 Å². The van der Waals surface area contributed by atoms with Crippen LogP contribution in [0.1, 0.15) is 6.42 Å². The number of carbonyl (C=O) groups excluding carboxylic acids is 1. The van der Waals surface area contributed by atoms with Gasteiger partial charge in [0.05, 0.1) is 0 Å². The smallest absolute Gasteiger partial charge is 0.227 e. The first-order valence-electron chi connectivity index (χ1n) is 6.41. The van der Waals surface area contributed by atoms with Crippen molar-refractivity contribution in [3.63, 3.8) is 0 Å². The number of carbonyl (C=O) groups is 1. The highest BCUT2D eigenvalue weighted by molar-refractivity contribution is 7.08. The predicted molar refractivity (Wildman–Crippen MR) is 79.3 cm³/mol. The Morgan fingerprint density at radius 2 is 2.21 bits per heavy atom. The van der Waals surface area contributed by atoms with Crippen molar-refractivity contribution in [2.75, 3.05) is 18.0 Å². The third-order valence-corrected chi connectivity index (χ3v) is 4.23. The molecule has 1 aliphatic rings. The molecule has 0 bridgehead atoms. The van der Waals surface area contributed by atoms with Crippen LogP contribution < -0.4 is 10.6 Å². The number of anilines is 1. The molecule has 0 aliphatic carbocycles. The molecule has 98 valence electrons. The van der Waals surface area contributed by atoms with Gasteiger partial charge in [-0.25, -0.2) is 0 Å². The van der Waals surface area contributed by atoms with E-state index in [1.54, 1.807) is 11.3 Å². The van der Waals surface area contributed by atoms with Crippen molar-refractivity contribution < 1.29 is 4.79 Å². The van der Waals surface area contributed by atoms with E-state index < -0.39 is 0 Å². The minimum absolute atomic E-state index is 0.179. The second-order valence-corrected chi connectivity index (χ2v) is 5.65. The molecular weight excluding hydrogens is 256 g/mol. The molecular formula is C15H16N2OS. The molecule has 1 amide bonds. The van der Waals surface area contributed by atoms with Gasteiger partial charge in [0.2, 0.25) is 5.91 Å². The maximum absolute atomic E-state index is 12.0. The van der Waals surface area contributed by atoms with E-state index in [1.165, 1.54) is 5.56 Å². The maximum Gasteiger partial charge on any atom is 0.227 e. The topological polar surface area (TPSA) is 46.3 Å². The molecule has 1 aliphatic heterocycles. The van der Waals surface area contributed by atoms with Gasteiger partial charge in [-0.2, -0.15) is 11.3 Å². The predicted octanol–water partition coefficient (Wildman–Crippen LogP) is 2.73. The molecule has 0 spiro atoms. The number of nitrogens with zero attached hydrogens (tertiary/aromatic N) is 1. The summed E-state index contributed by atoms with van der Waals surface area (Å²) in [5, 5.41) is 4.18. The highest BCUT2D eigenvalue weighted by Crippen LogP contribution is 2.29. The number of benzene rings is 1. The molecule has 3 nitrogen and oxygen atoms in total. The molecule has 2 N–H and O–H groups in total. The van der Waals surface area contributed by atoms with Gasteiger partial charge < -0.3 is 10.6 Å². The number of nitrogens with two attached hydrogens (primary N) is 1. The van der Waals surface area contributed by atoms with Gasteiger partial charge in [-0.3, -0.25) is 4.79 Å². The van der Waals surface area contributed by atoms with Crippen molar-refractivity contribution in [2.24, 2.45) is 11.7 Å². The van der Waals surface area contributed by atoms with E-state index in [4.69, 9.17) is 5.73 Å². The lowest BCUT2D eigenvalue weighted by Gasteiger charge is -2.17. The van der Waals surface area contributed by atoms with Gasteiger partial charge >= 0.3 is 0 Å². The third-order valence-electron chi connectivity index (χ3n) is 3.55. The second kappa shape index (κ2) is 5.15. The van der Waals surface area contributed by atoms with Crippen molar-refractivity contribution >= 4 is 22.9 Å². The van der Waals surface area contributed by atoms with Crippen LogP contribution in [0.3, 0.4) is 0 Å². The Labute approximate surface area is 116 Å². The number of hydrogen-bond donors (Lipinski definition) is 1. The van der Waals surface area contributed by atoms with Crippen LogP contribution in [0.2, 0.25) is 0 Å². The zero-order valence-corrected chi connectivity index (χ0v) is 11.4. The van der Waals surface area contributed by atoms with E-state index in [2.05, 4.69) is 29.0 Å². The van der Waals surface area contributed by atoms with Gasteiger partial charge in [0.1, 0.15) is 0 Å². The standard InChI is InChI=1S/C15H16N2OS/c16-8-11-6-15(18)17(9-11)14-3-1-2-12(7-14)13-4-5-19-10-13/h1-5,7,10-11H,6,8-9,16H2. The minimum atomic E-state index is 0.179. The van der Waals surface area contributed by atoms with Crippen LogP contribution in [0.25, 0.3) is 11.1 Å². The van der Waals surface area contributed by atoms with Crippen molar-refractivity contribution in [1.82, 2.24) is 0 Å². The first kappa shape index (κ1) is 12.4. The normalized spacial score (nSPS) is 19.1. The monoisotopic (exact) mass is 272 g/mol. The van der Waals surface area contributed by atoms with Crippen molar-refractivity contribution in [1.29, 1.82) is 0 Å². The summed E-state index contributed by atoms with van der Waals surface area (Å²) in [6, 6.07) is 10.3. The summed E-state index contributed by atoms with van der Waals surface area (Å²) in [4.78, 5) is 13.9.